The monoisotopic (exact) mass is 266 g/mol. The lowest BCUT2D eigenvalue weighted by Gasteiger charge is -2.35. The van der Waals surface area contributed by atoms with Crippen LogP contribution in [0.3, 0.4) is 0 Å². The summed E-state index contributed by atoms with van der Waals surface area (Å²) in [6.07, 6.45) is -0.138. The zero-order chi connectivity index (χ0) is 13.8. The van der Waals surface area contributed by atoms with Gasteiger partial charge in [0.05, 0.1) is 12.1 Å². The van der Waals surface area contributed by atoms with Gasteiger partial charge < -0.3 is 14.9 Å². The second kappa shape index (κ2) is 6.02. The number of carbonyl (C=O) groups is 1. The highest BCUT2D eigenvalue weighted by atomic mass is 19.1. The van der Waals surface area contributed by atoms with Crippen molar-refractivity contribution in [2.75, 3.05) is 37.6 Å². The van der Waals surface area contributed by atoms with Crippen LogP contribution < -0.4 is 4.90 Å². The van der Waals surface area contributed by atoms with Gasteiger partial charge in [-0.25, -0.2) is 4.39 Å². The van der Waals surface area contributed by atoms with Crippen LogP contribution in [0.4, 0.5) is 10.1 Å². The van der Waals surface area contributed by atoms with Gasteiger partial charge in [-0.2, -0.15) is 0 Å². The molecule has 1 saturated heterocycles. The lowest BCUT2D eigenvalue weighted by atomic mass is 10.1. The first kappa shape index (κ1) is 13.8. The summed E-state index contributed by atoms with van der Waals surface area (Å²) < 4.78 is 14.0. The van der Waals surface area contributed by atoms with Crippen LogP contribution in [0.5, 0.6) is 0 Å². The number of nitrogens with zero attached hydrogens (tertiary/aromatic N) is 2. The zero-order valence-corrected chi connectivity index (χ0v) is 11.1. The third kappa shape index (κ3) is 3.44. The van der Waals surface area contributed by atoms with Gasteiger partial charge in [-0.15, -0.1) is 0 Å². The number of piperazine rings is 1. The topological polar surface area (TPSA) is 43.8 Å². The number of benzene rings is 1. The molecule has 19 heavy (non-hydrogen) atoms. The number of anilines is 1. The van der Waals surface area contributed by atoms with Crippen LogP contribution in [0.2, 0.25) is 0 Å². The van der Waals surface area contributed by atoms with Crippen LogP contribution in [0, 0.1) is 5.82 Å². The predicted molar refractivity (Wildman–Crippen MR) is 72.1 cm³/mol. The van der Waals surface area contributed by atoms with Gasteiger partial charge in [0, 0.05) is 26.2 Å². The molecule has 0 spiro atoms. The Morgan fingerprint density at radius 2 is 2.00 bits per heavy atom. The Hall–Kier alpha value is -1.62. The molecule has 1 heterocycles. The van der Waals surface area contributed by atoms with Gasteiger partial charge in [-0.05, 0) is 24.2 Å². The molecule has 2 rings (SSSR count). The summed E-state index contributed by atoms with van der Waals surface area (Å²) in [5.74, 6) is -1.27. The highest BCUT2D eigenvalue weighted by Crippen LogP contribution is 2.22. The van der Waals surface area contributed by atoms with E-state index in [0.717, 1.165) is 32.7 Å². The molecule has 0 bridgehead atoms. The van der Waals surface area contributed by atoms with E-state index in [2.05, 4.69) is 11.8 Å². The quantitative estimate of drug-likeness (QED) is 0.899. The molecule has 5 heteroatoms. The largest absolute Gasteiger partial charge is 0.481 e. The number of carboxylic acids is 1. The molecule has 0 aromatic heterocycles. The fraction of sp³-hybridized carbons (Fsp3) is 0.500. The van der Waals surface area contributed by atoms with Crippen molar-refractivity contribution in [2.24, 2.45) is 0 Å². The first-order valence-corrected chi connectivity index (χ1v) is 6.57. The second-order valence-corrected chi connectivity index (χ2v) is 4.78. The lowest BCUT2D eigenvalue weighted by Crippen LogP contribution is -2.46. The normalized spacial score (nSPS) is 16.6. The molecule has 104 valence electrons. The maximum atomic E-state index is 14.0. The first-order chi connectivity index (χ1) is 9.10. The molecule has 1 N–H and O–H groups in total. The van der Waals surface area contributed by atoms with Crippen molar-refractivity contribution in [1.29, 1.82) is 0 Å². The standard InChI is InChI=1S/C14H19FN2O2/c1-2-16-5-7-17(8-6-16)13-4-3-11(9-12(13)15)10-14(18)19/h3-4,9H,2,5-8,10H2,1H3,(H,18,19). The van der Waals surface area contributed by atoms with Crippen molar-refractivity contribution in [3.8, 4) is 0 Å². The summed E-state index contributed by atoms with van der Waals surface area (Å²) in [5, 5.41) is 8.69. The summed E-state index contributed by atoms with van der Waals surface area (Å²) >= 11 is 0. The van der Waals surface area contributed by atoms with Crippen LogP contribution in [0.25, 0.3) is 0 Å². The predicted octanol–water partition coefficient (Wildman–Crippen LogP) is 1.59. The van der Waals surface area contributed by atoms with E-state index in [1.807, 2.05) is 4.90 Å². The average molecular weight is 266 g/mol. The number of aliphatic carboxylic acids is 1. The maximum Gasteiger partial charge on any atom is 0.307 e. The molecular formula is C14H19FN2O2. The highest BCUT2D eigenvalue weighted by molar-refractivity contribution is 5.70. The van der Waals surface area contributed by atoms with E-state index in [1.54, 1.807) is 12.1 Å². The molecule has 4 nitrogen and oxygen atoms in total. The van der Waals surface area contributed by atoms with Crippen molar-refractivity contribution >= 4 is 11.7 Å². The van der Waals surface area contributed by atoms with Gasteiger partial charge in [-0.1, -0.05) is 13.0 Å². The SMILES string of the molecule is CCN1CCN(c2ccc(CC(=O)O)cc2F)CC1. The smallest absolute Gasteiger partial charge is 0.307 e. The van der Waals surface area contributed by atoms with Gasteiger partial charge >= 0.3 is 5.97 Å². The molecule has 1 aromatic rings. The fourth-order valence-electron chi connectivity index (χ4n) is 2.40. The van der Waals surface area contributed by atoms with E-state index in [0.29, 0.717) is 11.3 Å². The Balaban J connectivity index is 2.07. The average Bonchev–Trinajstić information content (AvgIpc) is 2.38. The Morgan fingerprint density at radius 1 is 1.32 bits per heavy atom. The molecule has 1 fully saturated rings. The van der Waals surface area contributed by atoms with Gasteiger partial charge in [0.1, 0.15) is 5.82 Å². The molecule has 0 radical (unpaired) electrons. The van der Waals surface area contributed by atoms with E-state index in [9.17, 15) is 9.18 Å². The molecule has 1 aliphatic heterocycles. The minimum absolute atomic E-state index is 0.138. The molecule has 1 aliphatic rings. The van der Waals surface area contributed by atoms with E-state index in [4.69, 9.17) is 5.11 Å². The number of hydrogen-bond acceptors (Lipinski definition) is 3. The molecule has 0 saturated carbocycles. The lowest BCUT2D eigenvalue weighted by molar-refractivity contribution is -0.136. The minimum atomic E-state index is -0.941. The van der Waals surface area contributed by atoms with E-state index in [1.165, 1.54) is 6.07 Å². The zero-order valence-electron chi connectivity index (χ0n) is 11.1. The number of rotatable bonds is 4. The molecule has 0 atom stereocenters. The van der Waals surface area contributed by atoms with Gasteiger partial charge in [-0.3, -0.25) is 4.79 Å². The first-order valence-electron chi connectivity index (χ1n) is 6.57. The molecule has 0 amide bonds. The Morgan fingerprint density at radius 3 is 2.53 bits per heavy atom. The van der Waals surface area contributed by atoms with E-state index >= 15 is 0 Å². The summed E-state index contributed by atoms with van der Waals surface area (Å²) in [6.45, 7) is 6.64. The van der Waals surface area contributed by atoms with Crippen molar-refractivity contribution in [3.63, 3.8) is 0 Å². The van der Waals surface area contributed by atoms with Crippen LogP contribution in [-0.4, -0.2) is 48.7 Å². The van der Waals surface area contributed by atoms with Gasteiger partial charge in [0.15, 0.2) is 0 Å². The third-order valence-corrected chi connectivity index (χ3v) is 3.53. The van der Waals surface area contributed by atoms with Gasteiger partial charge in [0.2, 0.25) is 0 Å². The number of hydrogen-bond donors (Lipinski definition) is 1. The van der Waals surface area contributed by atoms with Crippen LogP contribution in [-0.2, 0) is 11.2 Å². The molecule has 0 aliphatic carbocycles. The number of carboxylic acid groups (broad SMARTS) is 1. The van der Waals surface area contributed by atoms with Crippen molar-refractivity contribution in [1.82, 2.24) is 4.90 Å². The van der Waals surface area contributed by atoms with E-state index in [-0.39, 0.29) is 12.2 Å². The second-order valence-electron chi connectivity index (χ2n) is 4.78. The van der Waals surface area contributed by atoms with Crippen molar-refractivity contribution < 1.29 is 14.3 Å². The van der Waals surface area contributed by atoms with Crippen LogP contribution >= 0.6 is 0 Å². The number of likely N-dealkylation sites (N-methyl/N-ethyl adjacent to an activating group) is 1. The number of halogens is 1. The highest BCUT2D eigenvalue weighted by Gasteiger charge is 2.18. The maximum absolute atomic E-state index is 14.0. The summed E-state index contributed by atoms with van der Waals surface area (Å²) in [6, 6.07) is 4.71. The molecule has 0 unspecified atom stereocenters. The summed E-state index contributed by atoms with van der Waals surface area (Å²) in [7, 11) is 0. The Labute approximate surface area is 112 Å². The van der Waals surface area contributed by atoms with Crippen molar-refractivity contribution in [3.05, 3.63) is 29.6 Å². The Kier molecular flexibility index (Phi) is 4.37. The van der Waals surface area contributed by atoms with Crippen LogP contribution in [0.15, 0.2) is 18.2 Å². The van der Waals surface area contributed by atoms with Gasteiger partial charge in [0.25, 0.3) is 0 Å². The Bertz CT molecular complexity index is 457. The summed E-state index contributed by atoms with van der Waals surface area (Å²) in [5.41, 5.74) is 1.07. The van der Waals surface area contributed by atoms with E-state index < -0.39 is 5.97 Å². The third-order valence-electron chi connectivity index (χ3n) is 3.53. The minimum Gasteiger partial charge on any atom is -0.481 e. The fourth-order valence-corrected chi connectivity index (χ4v) is 2.40. The molecule has 1 aromatic carbocycles. The van der Waals surface area contributed by atoms with Crippen molar-refractivity contribution in [2.45, 2.75) is 13.3 Å². The van der Waals surface area contributed by atoms with Crippen LogP contribution in [0.1, 0.15) is 12.5 Å². The summed E-state index contributed by atoms with van der Waals surface area (Å²) in [4.78, 5) is 14.9. The molecular weight excluding hydrogens is 247 g/mol.